The third-order valence-corrected chi connectivity index (χ3v) is 3.14. The number of carbonyl (C=O) groups excluding carboxylic acids is 2. The van der Waals surface area contributed by atoms with Crippen LogP contribution in [0.5, 0.6) is 5.75 Å². The minimum atomic E-state index is -0.751. The number of nitrogens with one attached hydrogen (secondary N) is 2. The Morgan fingerprint density at radius 2 is 1.65 bits per heavy atom. The van der Waals surface area contributed by atoms with Gasteiger partial charge >= 0.3 is 0 Å². The van der Waals surface area contributed by atoms with Crippen LogP contribution in [0.15, 0.2) is 48.5 Å². The molecule has 2 N–H and O–H groups in total. The molecule has 0 saturated carbocycles. The molecule has 0 spiro atoms. The van der Waals surface area contributed by atoms with E-state index in [4.69, 9.17) is 4.74 Å². The maximum atomic E-state index is 12.8. The van der Waals surface area contributed by atoms with Crippen molar-refractivity contribution in [3.8, 4) is 5.75 Å². The number of hydrogen-bond donors (Lipinski definition) is 2. The van der Waals surface area contributed by atoms with E-state index in [9.17, 15) is 14.0 Å². The third kappa shape index (κ3) is 4.54. The molecule has 0 fully saturated rings. The van der Waals surface area contributed by atoms with E-state index in [-0.39, 0.29) is 17.6 Å². The fraction of sp³-hybridized carbons (Fsp3) is 0.176. The number of benzene rings is 2. The maximum absolute atomic E-state index is 12.8. The van der Waals surface area contributed by atoms with E-state index in [1.165, 1.54) is 24.3 Å². The van der Waals surface area contributed by atoms with Gasteiger partial charge in [0, 0.05) is 18.3 Å². The van der Waals surface area contributed by atoms with E-state index in [0.717, 1.165) is 0 Å². The van der Waals surface area contributed by atoms with E-state index in [0.29, 0.717) is 17.0 Å². The Hall–Kier alpha value is -2.89. The second-order valence-corrected chi connectivity index (χ2v) is 4.86. The van der Waals surface area contributed by atoms with Gasteiger partial charge in [-0.2, -0.15) is 0 Å². The van der Waals surface area contributed by atoms with Gasteiger partial charge < -0.3 is 15.4 Å². The molecule has 0 aromatic heterocycles. The van der Waals surface area contributed by atoms with Gasteiger partial charge in [-0.3, -0.25) is 9.59 Å². The lowest BCUT2D eigenvalue weighted by Crippen LogP contribution is -2.30. The highest BCUT2D eigenvalue weighted by molar-refractivity contribution is 5.96. The average Bonchev–Trinajstić information content (AvgIpc) is 2.56. The van der Waals surface area contributed by atoms with Gasteiger partial charge in [0.1, 0.15) is 11.6 Å². The molecule has 120 valence electrons. The molecule has 23 heavy (non-hydrogen) atoms. The Kier molecular flexibility index (Phi) is 5.30. The molecule has 2 aromatic carbocycles. The number of halogens is 1. The fourth-order valence-corrected chi connectivity index (χ4v) is 1.86. The lowest BCUT2D eigenvalue weighted by Gasteiger charge is -2.15. The topological polar surface area (TPSA) is 67.4 Å². The lowest BCUT2D eigenvalue weighted by atomic mass is 10.2. The van der Waals surface area contributed by atoms with Crippen molar-refractivity contribution in [2.75, 3.05) is 12.4 Å². The van der Waals surface area contributed by atoms with Crippen molar-refractivity contribution in [2.45, 2.75) is 13.0 Å². The van der Waals surface area contributed by atoms with E-state index in [1.54, 1.807) is 38.2 Å². The quantitative estimate of drug-likeness (QED) is 0.891. The summed E-state index contributed by atoms with van der Waals surface area (Å²) in [6, 6.07) is 11.9. The monoisotopic (exact) mass is 316 g/mol. The zero-order valence-corrected chi connectivity index (χ0v) is 12.8. The zero-order valence-electron chi connectivity index (χ0n) is 12.8. The summed E-state index contributed by atoms with van der Waals surface area (Å²) in [6.45, 7) is 1.59. The molecule has 0 aliphatic carbocycles. The summed E-state index contributed by atoms with van der Waals surface area (Å²) in [5.41, 5.74) is 1.05. The third-order valence-electron chi connectivity index (χ3n) is 3.14. The molecule has 0 aliphatic heterocycles. The molecule has 0 radical (unpaired) electrons. The molecule has 2 amide bonds. The van der Waals surface area contributed by atoms with Gasteiger partial charge in [0.05, 0.1) is 0 Å². The zero-order chi connectivity index (χ0) is 16.8. The molecule has 0 unspecified atom stereocenters. The first kappa shape index (κ1) is 16.5. The van der Waals surface area contributed by atoms with E-state index in [2.05, 4.69) is 10.6 Å². The summed E-state index contributed by atoms with van der Waals surface area (Å²) in [5, 5.41) is 5.21. The smallest absolute Gasteiger partial charge is 0.265 e. The van der Waals surface area contributed by atoms with Gasteiger partial charge in [-0.1, -0.05) is 0 Å². The van der Waals surface area contributed by atoms with Gasteiger partial charge in [0.25, 0.3) is 11.8 Å². The molecular weight excluding hydrogens is 299 g/mol. The van der Waals surface area contributed by atoms with Gasteiger partial charge in [-0.15, -0.1) is 0 Å². The Balaban J connectivity index is 1.95. The van der Waals surface area contributed by atoms with Crippen molar-refractivity contribution in [1.82, 2.24) is 5.32 Å². The van der Waals surface area contributed by atoms with Crippen LogP contribution in [-0.4, -0.2) is 25.0 Å². The molecule has 2 rings (SSSR count). The first-order valence-corrected chi connectivity index (χ1v) is 7.05. The Bertz CT molecular complexity index is 684. The number of ether oxygens (including phenoxy) is 1. The average molecular weight is 316 g/mol. The standard InChI is InChI=1S/C17H17FN2O3/c1-11(23-15-9-5-13(18)6-10-15)16(21)20-14-7-3-12(4-8-14)17(22)19-2/h3-11H,1-2H3,(H,19,22)(H,20,21)/t11-/m1/s1. The van der Waals surface area contributed by atoms with Crippen molar-refractivity contribution in [2.24, 2.45) is 0 Å². The normalized spacial score (nSPS) is 11.4. The highest BCUT2D eigenvalue weighted by atomic mass is 19.1. The molecule has 5 nitrogen and oxygen atoms in total. The second-order valence-electron chi connectivity index (χ2n) is 4.86. The molecular formula is C17H17FN2O3. The van der Waals surface area contributed by atoms with E-state index >= 15 is 0 Å². The van der Waals surface area contributed by atoms with E-state index in [1.807, 2.05) is 0 Å². The maximum Gasteiger partial charge on any atom is 0.265 e. The minimum absolute atomic E-state index is 0.198. The van der Waals surface area contributed by atoms with Crippen LogP contribution < -0.4 is 15.4 Å². The van der Waals surface area contributed by atoms with Crippen LogP contribution in [0.2, 0.25) is 0 Å². The van der Waals surface area contributed by atoms with Crippen LogP contribution >= 0.6 is 0 Å². The first-order chi connectivity index (χ1) is 11.0. The van der Waals surface area contributed by atoms with Crippen molar-refractivity contribution in [3.05, 3.63) is 59.9 Å². The lowest BCUT2D eigenvalue weighted by molar-refractivity contribution is -0.122. The number of anilines is 1. The van der Waals surface area contributed by atoms with Gasteiger partial charge in [-0.05, 0) is 55.5 Å². The van der Waals surface area contributed by atoms with Gasteiger partial charge in [0.15, 0.2) is 6.10 Å². The first-order valence-electron chi connectivity index (χ1n) is 7.05. The van der Waals surface area contributed by atoms with Crippen molar-refractivity contribution in [1.29, 1.82) is 0 Å². The largest absolute Gasteiger partial charge is 0.481 e. The summed E-state index contributed by atoms with van der Waals surface area (Å²) in [5.74, 6) is -0.507. The van der Waals surface area contributed by atoms with Crippen molar-refractivity contribution < 1.29 is 18.7 Å². The predicted octanol–water partition coefficient (Wildman–Crippen LogP) is 2.59. The summed E-state index contributed by atoms with van der Waals surface area (Å²) >= 11 is 0. The number of amides is 2. The highest BCUT2D eigenvalue weighted by Gasteiger charge is 2.15. The highest BCUT2D eigenvalue weighted by Crippen LogP contribution is 2.15. The van der Waals surface area contributed by atoms with Crippen LogP contribution in [0, 0.1) is 5.82 Å². The summed E-state index contributed by atoms with van der Waals surface area (Å²) in [7, 11) is 1.55. The Labute approximate surface area is 133 Å². The number of carbonyl (C=O) groups is 2. The molecule has 0 saturated heterocycles. The molecule has 0 bridgehead atoms. The van der Waals surface area contributed by atoms with Crippen LogP contribution in [0.25, 0.3) is 0 Å². The fourth-order valence-electron chi connectivity index (χ4n) is 1.86. The summed E-state index contributed by atoms with van der Waals surface area (Å²) in [4.78, 5) is 23.5. The molecule has 0 heterocycles. The van der Waals surface area contributed by atoms with Crippen molar-refractivity contribution >= 4 is 17.5 Å². The summed E-state index contributed by atoms with van der Waals surface area (Å²) in [6.07, 6.45) is -0.751. The predicted molar refractivity (Wildman–Crippen MR) is 85.0 cm³/mol. The van der Waals surface area contributed by atoms with Gasteiger partial charge in [-0.25, -0.2) is 4.39 Å². The molecule has 1 atom stereocenters. The molecule has 6 heteroatoms. The van der Waals surface area contributed by atoms with Crippen LogP contribution in [0.1, 0.15) is 17.3 Å². The van der Waals surface area contributed by atoms with Crippen molar-refractivity contribution in [3.63, 3.8) is 0 Å². The van der Waals surface area contributed by atoms with Crippen LogP contribution in [0.4, 0.5) is 10.1 Å². The SMILES string of the molecule is CNC(=O)c1ccc(NC(=O)[C@@H](C)Oc2ccc(F)cc2)cc1. The molecule has 2 aromatic rings. The second kappa shape index (κ2) is 7.40. The van der Waals surface area contributed by atoms with E-state index < -0.39 is 6.10 Å². The van der Waals surface area contributed by atoms with Crippen LogP contribution in [0.3, 0.4) is 0 Å². The number of hydrogen-bond acceptors (Lipinski definition) is 3. The molecule has 0 aliphatic rings. The minimum Gasteiger partial charge on any atom is -0.481 e. The Morgan fingerprint density at radius 3 is 2.22 bits per heavy atom. The van der Waals surface area contributed by atoms with Gasteiger partial charge in [0.2, 0.25) is 0 Å². The van der Waals surface area contributed by atoms with Crippen LogP contribution in [-0.2, 0) is 4.79 Å². The number of rotatable bonds is 5. The Morgan fingerprint density at radius 1 is 1.04 bits per heavy atom. The summed E-state index contributed by atoms with van der Waals surface area (Å²) < 4.78 is 18.3.